The third-order valence-corrected chi connectivity index (χ3v) is 0.415. The van der Waals surface area contributed by atoms with Crippen molar-refractivity contribution in [1.29, 1.82) is 0 Å². The minimum Gasteiger partial charge on any atom is -0.483 e. The van der Waals surface area contributed by atoms with Crippen LogP contribution in [0.1, 0.15) is 0 Å². The van der Waals surface area contributed by atoms with Gasteiger partial charge in [0.2, 0.25) is 0 Å². The van der Waals surface area contributed by atoms with Crippen LogP contribution in [0.4, 0.5) is 26.3 Å². The maximum atomic E-state index is 11.0. The highest BCUT2D eigenvalue weighted by atomic mass is 19.4. The first-order valence-electron chi connectivity index (χ1n) is 2.13. The van der Waals surface area contributed by atoms with Gasteiger partial charge in [-0.25, -0.2) is 0 Å². The van der Waals surface area contributed by atoms with Crippen LogP contribution in [0.3, 0.4) is 0 Å². The van der Waals surface area contributed by atoms with Crippen LogP contribution < -0.4 is 0 Å². The zero-order chi connectivity index (χ0) is 10.4. The first-order valence-corrected chi connectivity index (χ1v) is 2.13. The van der Waals surface area contributed by atoms with Gasteiger partial charge in [-0.15, -0.1) is 0 Å². The fourth-order valence-corrected chi connectivity index (χ4v) is 0.107. The van der Waals surface area contributed by atoms with E-state index >= 15 is 0 Å². The predicted octanol–water partition coefficient (Wildman–Crippen LogP) is 2.33. The molecule has 2 nitrogen and oxygen atoms in total. The lowest BCUT2D eigenvalue weighted by Gasteiger charge is -1.98. The predicted molar refractivity (Wildman–Crippen MR) is 25.1 cm³/mol. The number of rotatable bonds is 0. The zero-order valence-electron chi connectivity index (χ0n) is 5.20. The SMILES string of the molecule is FC(F)=C(F)C(F)(F)F.O=CO. The summed E-state index contributed by atoms with van der Waals surface area (Å²) in [4.78, 5) is 8.36. The first kappa shape index (κ1) is 13.4. The second kappa shape index (κ2) is 5.44. The van der Waals surface area contributed by atoms with Crippen LogP contribution in [0.2, 0.25) is 0 Å². The normalized spacial score (nSPS) is 9.50. The van der Waals surface area contributed by atoms with Gasteiger partial charge < -0.3 is 5.11 Å². The summed E-state index contributed by atoms with van der Waals surface area (Å²) < 4.78 is 64.8. The standard InChI is InChI=1S/C3F6.CH2O2/c4-1(2(5)6)3(7,8)9;2-1-3/h;1H,(H,2,3). The summed E-state index contributed by atoms with van der Waals surface area (Å²) in [5.41, 5.74) is 0. The summed E-state index contributed by atoms with van der Waals surface area (Å²) >= 11 is 0. The van der Waals surface area contributed by atoms with Gasteiger partial charge in [0.25, 0.3) is 12.3 Å². The molecule has 0 aromatic carbocycles. The maximum Gasteiger partial charge on any atom is 0.448 e. The van der Waals surface area contributed by atoms with Gasteiger partial charge >= 0.3 is 12.3 Å². The molecule has 0 aromatic heterocycles. The molecule has 0 saturated heterocycles. The molecule has 0 atom stereocenters. The third-order valence-electron chi connectivity index (χ3n) is 0.415. The van der Waals surface area contributed by atoms with Gasteiger partial charge in [0.05, 0.1) is 0 Å². The zero-order valence-corrected chi connectivity index (χ0v) is 5.20. The smallest absolute Gasteiger partial charge is 0.448 e. The van der Waals surface area contributed by atoms with Crippen LogP contribution >= 0.6 is 0 Å². The fourth-order valence-electron chi connectivity index (χ4n) is 0.107. The highest BCUT2D eigenvalue weighted by molar-refractivity contribution is 5.32. The Morgan fingerprint density at radius 2 is 1.42 bits per heavy atom. The molecule has 0 spiro atoms. The van der Waals surface area contributed by atoms with Crippen molar-refractivity contribution in [1.82, 2.24) is 0 Å². The van der Waals surface area contributed by atoms with Gasteiger partial charge in [-0.3, -0.25) is 4.79 Å². The van der Waals surface area contributed by atoms with Crippen molar-refractivity contribution in [3.63, 3.8) is 0 Å². The molecule has 0 bridgehead atoms. The Morgan fingerprint density at radius 3 is 1.42 bits per heavy atom. The molecule has 0 heterocycles. The summed E-state index contributed by atoms with van der Waals surface area (Å²) in [5, 5.41) is 6.89. The molecular weight excluding hydrogens is 194 g/mol. The van der Waals surface area contributed by atoms with Crippen molar-refractivity contribution >= 4 is 6.47 Å². The molecule has 12 heavy (non-hydrogen) atoms. The van der Waals surface area contributed by atoms with Crippen LogP contribution in [0, 0.1) is 0 Å². The Bertz CT molecular complexity index is 167. The van der Waals surface area contributed by atoms with E-state index in [1.54, 1.807) is 0 Å². The lowest BCUT2D eigenvalue weighted by atomic mass is 10.6. The minimum atomic E-state index is -5.56. The molecular formula is C4H2F6O2. The first-order chi connectivity index (χ1) is 5.27. The van der Waals surface area contributed by atoms with E-state index < -0.39 is 18.1 Å². The molecule has 72 valence electrons. The van der Waals surface area contributed by atoms with Crippen molar-refractivity contribution in [3.05, 3.63) is 11.9 Å². The number of allylic oxidation sites excluding steroid dienone is 1. The second-order valence-electron chi connectivity index (χ2n) is 1.18. The average molecular weight is 196 g/mol. The van der Waals surface area contributed by atoms with E-state index in [0.29, 0.717) is 0 Å². The molecule has 0 unspecified atom stereocenters. The summed E-state index contributed by atoms with van der Waals surface area (Å²) in [7, 11) is 0. The average Bonchev–Trinajstić information content (AvgIpc) is 1.85. The van der Waals surface area contributed by atoms with E-state index in [1.807, 2.05) is 0 Å². The van der Waals surface area contributed by atoms with Gasteiger partial charge in [-0.1, -0.05) is 0 Å². The highest BCUT2D eigenvalue weighted by Crippen LogP contribution is 2.29. The summed E-state index contributed by atoms with van der Waals surface area (Å²) in [6.07, 6.45) is -8.90. The van der Waals surface area contributed by atoms with E-state index in [-0.39, 0.29) is 6.47 Å². The third kappa shape index (κ3) is 6.90. The van der Waals surface area contributed by atoms with Crippen molar-refractivity contribution < 1.29 is 36.2 Å². The number of hydrogen-bond acceptors (Lipinski definition) is 1. The lowest BCUT2D eigenvalue weighted by Crippen LogP contribution is -2.08. The quantitative estimate of drug-likeness (QED) is 0.476. The molecule has 0 aliphatic carbocycles. The lowest BCUT2D eigenvalue weighted by molar-refractivity contribution is -0.122. The number of halogens is 6. The number of carbonyl (C=O) groups is 1. The van der Waals surface area contributed by atoms with E-state index in [2.05, 4.69) is 0 Å². The van der Waals surface area contributed by atoms with Crippen LogP contribution in [-0.4, -0.2) is 17.8 Å². The maximum absolute atomic E-state index is 11.0. The van der Waals surface area contributed by atoms with Crippen molar-refractivity contribution in [2.45, 2.75) is 6.18 Å². The molecule has 0 aliphatic rings. The summed E-state index contributed by atoms with van der Waals surface area (Å²) in [6.45, 7) is -0.250. The molecule has 8 heteroatoms. The molecule has 0 radical (unpaired) electrons. The largest absolute Gasteiger partial charge is 0.483 e. The molecule has 0 aromatic rings. The molecule has 0 aliphatic heterocycles. The number of alkyl halides is 3. The number of carboxylic acid groups (broad SMARTS) is 1. The molecule has 1 N–H and O–H groups in total. The van der Waals surface area contributed by atoms with Gasteiger partial charge in [-0.2, -0.15) is 26.3 Å². The van der Waals surface area contributed by atoms with Crippen molar-refractivity contribution in [2.75, 3.05) is 0 Å². The summed E-state index contributed by atoms with van der Waals surface area (Å²) in [5.74, 6) is -3.33. The topological polar surface area (TPSA) is 37.3 Å². The molecule has 0 amide bonds. The van der Waals surface area contributed by atoms with Crippen molar-refractivity contribution in [2.24, 2.45) is 0 Å². The van der Waals surface area contributed by atoms with E-state index in [4.69, 9.17) is 9.90 Å². The molecule has 0 saturated carbocycles. The fraction of sp³-hybridized carbons (Fsp3) is 0.250. The van der Waals surface area contributed by atoms with Gasteiger partial charge in [0, 0.05) is 0 Å². The highest BCUT2D eigenvalue weighted by Gasteiger charge is 2.38. The van der Waals surface area contributed by atoms with E-state index in [9.17, 15) is 26.3 Å². The molecule has 0 rings (SSSR count). The van der Waals surface area contributed by atoms with Gasteiger partial charge in [-0.05, 0) is 0 Å². The van der Waals surface area contributed by atoms with Crippen LogP contribution in [0.25, 0.3) is 0 Å². The Morgan fingerprint density at radius 1 is 1.17 bits per heavy atom. The van der Waals surface area contributed by atoms with Crippen molar-refractivity contribution in [3.8, 4) is 0 Å². The van der Waals surface area contributed by atoms with Gasteiger partial charge in [0.1, 0.15) is 0 Å². The summed E-state index contributed by atoms with van der Waals surface area (Å²) in [6, 6.07) is 0. The second-order valence-corrected chi connectivity index (χ2v) is 1.18. The van der Waals surface area contributed by atoms with Crippen LogP contribution in [0.5, 0.6) is 0 Å². The Kier molecular flexibility index (Phi) is 6.07. The minimum absolute atomic E-state index is 0.250. The van der Waals surface area contributed by atoms with E-state index in [0.717, 1.165) is 0 Å². The Balaban J connectivity index is 0. The Labute approximate surface area is 62.1 Å². The van der Waals surface area contributed by atoms with Gasteiger partial charge in [0.15, 0.2) is 0 Å². The van der Waals surface area contributed by atoms with Crippen LogP contribution in [0.15, 0.2) is 11.9 Å². The van der Waals surface area contributed by atoms with E-state index in [1.165, 1.54) is 0 Å². The number of hydrogen-bond donors (Lipinski definition) is 1. The molecule has 0 fully saturated rings. The van der Waals surface area contributed by atoms with Crippen LogP contribution in [-0.2, 0) is 4.79 Å². The monoisotopic (exact) mass is 196 g/mol. The Hall–Kier alpha value is -1.21.